The monoisotopic (exact) mass is 155 g/mol. The van der Waals surface area contributed by atoms with E-state index in [0.29, 0.717) is 12.5 Å². The molecule has 0 amide bonds. The normalized spacial score (nSPS) is 23.1. The molecule has 62 valence electrons. The van der Waals surface area contributed by atoms with Gasteiger partial charge in [0.25, 0.3) is 0 Å². The standard InChI is InChI=1S/C8H13NO2/c10-7-9-4-1-2-8-3-5-11-6-8/h8H,1-6H2. The Morgan fingerprint density at radius 2 is 2.55 bits per heavy atom. The summed E-state index contributed by atoms with van der Waals surface area (Å²) in [6, 6.07) is 0. The van der Waals surface area contributed by atoms with E-state index >= 15 is 0 Å². The van der Waals surface area contributed by atoms with Crippen molar-refractivity contribution in [3.8, 4) is 0 Å². The van der Waals surface area contributed by atoms with Crippen LogP contribution < -0.4 is 0 Å². The summed E-state index contributed by atoms with van der Waals surface area (Å²) in [5, 5.41) is 0. The molecular weight excluding hydrogens is 142 g/mol. The predicted octanol–water partition coefficient (Wildman–Crippen LogP) is 1.14. The first-order chi connectivity index (χ1) is 5.43. The molecule has 1 heterocycles. The van der Waals surface area contributed by atoms with Crippen LogP contribution in [0, 0.1) is 5.92 Å². The second kappa shape index (κ2) is 5.05. The Morgan fingerprint density at radius 3 is 3.18 bits per heavy atom. The van der Waals surface area contributed by atoms with Gasteiger partial charge in [-0.05, 0) is 25.2 Å². The van der Waals surface area contributed by atoms with E-state index < -0.39 is 0 Å². The topological polar surface area (TPSA) is 38.7 Å². The summed E-state index contributed by atoms with van der Waals surface area (Å²) in [7, 11) is 0. The van der Waals surface area contributed by atoms with E-state index in [2.05, 4.69) is 4.99 Å². The van der Waals surface area contributed by atoms with Crippen molar-refractivity contribution in [2.75, 3.05) is 19.8 Å². The van der Waals surface area contributed by atoms with Gasteiger partial charge < -0.3 is 4.74 Å². The third kappa shape index (κ3) is 3.30. The van der Waals surface area contributed by atoms with E-state index in [1.54, 1.807) is 0 Å². The third-order valence-corrected chi connectivity index (χ3v) is 1.97. The molecule has 1 aliphatic rings. The van der Waals surface area contributed by atoms with Gasteiger partial charge in [-0.25, -0.2) is 9.79 Å². The van der Waals surface area contributed by atoms with Gasteiger partial charge in [-0.2, -0.15) is 0 Å². The largest absolute Gasteiger partial charge is 0.381 e. The first-order valence-corrected chi connectivity index (χ1v) is 4.05. The van der Waals surface area contributed by atoms with E-state index in [0.717, 1.165) is 26.1 Å². The van der Waals surface area contributed by atoms with Gasteiger partial charge in [0.15, 0.2) is 0 Å². The summed E-state index contributed by atoms with van der Waals surface area (Å²) in [4.78, 5) is 13.2. The fourth-order valence-corrected chi connectivity index (χ4v) is 1.32. The van der Waals surface area contributed by atoms with Gasteiger partial charge in [-0.15, -0.1) is 0 Å². The molecule has 1 aliphatic heterocycles. The van der Waals surface area contributed by atoms with Crippen molar-refractivity contribution >= 4 is 6.08 Å². The van der Waals surface area contributed by atoms with Crippen molar-refractivity contribution < 1.29 is 9.53 Å². The minimum Gasteiger partial charge on any atom is -0.381 e. The highest BCUT2D eigenvalue weighted by Gasteiger charge is 2.14. The molecule has 1 fully saturated rings. The summed E-state index contributed by atoms with van der Waals surface area (Å²) in [6.45, 7) is 2.42. The molecule has 0 aromatic heterocycles. The molecule has 0 aliphatic carbocycles. The van der Waals surface area contributed by atoms with Gasteiger partial charge in [-0.3, -0.25) is 0 Å². The second-order valence-electron chi connectivity index (χ2n) is 2.84. The smallest absolute Gasteiger partial charge is 0.234 e. The summed E-state index contributed by atoms with van der Waals surface area (Å²) >= 11 is 0. The van der Waals surface area contributed by atoms with E-state index in [4.69, 9.17) is 4.74 Å². The number of carbonyl (C=O) groups excluding carboxylic acids is 1. The lowest BCUT2D eigenvalue weighted by atomic mass is 10.0. The predicted molar refractivity (Wildman–Crippen MR) is 41.1 cm³/mol. The number of aliphatic imine (C=N–C) groups is 1. The molecule has 1 unspecified atom stereocenters. The average Bonchev–Trinajstić information content (AvgIpc) is 2.50. The number of hydrogen-bond acceptors (Lipinski definition) is 3. The van der Waals surface area contributed by atoms with Crippen LogP contribution in [0.25, 0.3) is 0 Å². The molecule has 0 aromatic carbocycles. The molecule has 3 heteroatoms. The van der Waals surface area contributed by atoms with Gasteiger partial charge in [0.1, 0.15) is 0 Å². The second-order valence-corrected chi connectivity index (χ2v) is 2.84. The molecular formula is C8H13NO2. The van der Waals surface area contributed by atoms with Crippen LogP contribution in [0.4, 0.5) is 0 Å². The zero-order valence-electron chi connectivity index (χ0n) is 6.58. The van der Waals surface area contributed by atoms with Gasteiger partial charge in [0.05, 0.1) is 6.54 Å². The SMILES string of the molecule is O=C=NCCCC1CCOC1. The fourth-order valence-electron chi connectivity index (χ4n) is 1.32. The van der Waals surface area contributed by atoms with Crippen LogP contribution in [0.2, 0.25) is 0 Å². The number of rotatable bonds is 4. The Balaban J connectivity index is 1.97. The van der Waals surface area contributed by atoms with Crippen LogP contribution in [0.5, 0.6) is 0 Å². The minimum absolute atomic E-state index is 0.625. The summed E-state index contributed by atoms with van der Waals surface area (Å²) in [6.07, 6.45) is 4.83. The highest BCUT2D eigenvalue weighted by molar-refractivity contribution is 5.32. The number of ether oxygens (including phenoxy) is 1. The van der Waals surface area contributed by atoms with E-state index in [9.17, 15) is 4.79 Å². The maximum atomic E-state index is 9.68. The highest BCUT2D eigenvalue weighted by atomic mass is 16.5. The molecule has 3 nitrogen and oxygen atoms in total. The maximum Gasteiger partial charge on any atom is 0.234 e. The Labute approximate surface area is 66.5 Å². The molecule has 11 heavy (non-hydrogen) atoms. The van der Waals surface area contributed by atoms with Crippen molar-refractivity contribution in [1.29, 1.82) is 0 Å². The van der Waals surface area contributed by atoms with Crippen molar-refractivity contribution in [1.82, 2.24) is 0 Å². The van der Waals surface area contributed by atoms with Crippen LogP contribution >= 0.6 is 0 Å². The van der Waals surface area contributed by atoms with E-state index in [1.807, 2.05) is 0 Å². The highest BCUT2D eigenvalue weighted by Crippen LogP contribution is 2.17. The average molecular weight is 155 g/mol. The van der Waals surface area contributed by atoms with Crippen molar-refractivity contribution in [2.45, 2.75) is 19.3 Å². The molecule has 0 saturated carbocycles. The Bertz CT molecular complexity index is 146. The van der Waals surface area contributed by atoms with Crippen LogP contribution in [0.15, 0.2) is 4.99 Å². The zero-order valence-corrected chi connectivity index (χ0v) is 6.58. The summed E-state index contributed by atoms with van der Waals surface area (Å²) in [5.41, 5.74) is 0. The van der Waals surface area contributed by atoms with Crippen LogP contribution in [-0.4, -0.2) is 25.8 Å². The molecule has 0 N–H and O–H groups in total. The number of isocyanates is 1. The summed E-state index contributed by atoms with van der Waals surface area (Å²) < 4.78 is 5.21. The van der Waals surface area contributed by atoms with Crippen molar-refractivity contribution in [3.63, 3.8) is 0 Å². The van der Waals surface area contributed by atoms with Gasteiger partial charge in [0.2, 0.25) is 6.08 Å². The van der Waals surface area contributed by atoms with Gasteiger partial charge in [0, 0.05) is 13.2 Å². The fraction of sp³-hybridized carbons (Fsp3) is 0.875. The summed E-state index contributed by atoms with van der Waals surface area (Å²) in [5.74, 6) is 0.705. The first-order valence-electron chi connectivity index (χ1n) is 4.05. The number of nitrogens with zero attached hydrogens (tertiary/aromatic N) is 1. The Hall–Kier alpha value is -0.660. The van der Waals surface area contributed by atoms with E-state index in [1.165, 1.54) is 12.5 Å². The Kier molecular flexibility index (Phi) is 3.87. The molecule has 1 rings (SSSR count). The molecule has 0 aromatic rings. The molecule has 0 bridgehead atoms. The Morgan fingerprint density at radius 1 is 1.64 bits per heavy atom. The minimum atomic E-state index is 0.625. The van der Waals surface area contributed by atoms with Crippen LogP contribution in [0.3, 0.4) is 0 Å². The third-order valence-electron chi connectivity index (χ3n) is 1.97. The molecule has 1 saturated heterocycles. The van der Waals surface area contributed by atoms with Crippen molar-refractivity contribution in [2.24, 2.45) is 10.9 Å². The molecule has 0 radical (unpaired) electrons. The van der Waals surface area contributed by atoms with Crippen LogP contribution in [0.1, 0.15) is 19.3 Å². The zero-order chi connectivity index (χ0) is 7.94. The van der Waals surface area contributed by atoms with Crippen molar-refractivity contribution in [3.05, 3.63) is 0 Å². The lowest BCUT2D eigenvalue weighted by Gasteiger charge is -2.03. The number of hydrogen-bond donors (Lipinski definition) is 0. The first kappa shape index (κ1) is 8.44. The van der Waals surface area contributed by atoms with Gasteiger partial charge >= 0.3 is 0 Å². The van der Waals surface area contributed by atoms with Gasteiger partial charge in [-0.1, -0.05) is 0 Å². The molecule has 0 spiro atoms. The lowest BCUT2D eigenvalue weighted by Crippen LogP contribution is -1.99. The van der Waals surface area contributed by atoms with E-state index in [-0.39, 0.29) is 0 Å². The quantitative estimate of drug-likeness (QED) is 0.347. The lowest BCUT2D eigenvalue weighted by molar-refractivity contribution is 0.184. The maximum absolute atomic E-state index is 9.68. The van der Waals surface area contributed by atoms with Crippen LogP contribution in [-0.2, 0) is 9.53 Å². The molecule has 1 atom stereocenters.